The molecule has 0 spiro atoms. The number of aryl methyl sites for hydroxylation is 1. The van der Waals surface area contributed by atoms with Crippen LogP contribution in [0.2, 0.25) is 0 Å². The number of benzene rings is 1. The van der Waals surface area contributed by atoms with E-state index in [4.69, 9.17) is 9.97 Å². The molecule has 10 heteroatoms. The highest BCUT2D eigenvalue weighted by atomic mass is 32.1. The molecular formula is C25H27N6O3S+. The number of aliphatic hydroxyl groups excluding tert-OH is 3. The monoisotopic (exact) mass is 491 g/mol. The molecule has 5 rings (SSSR count). The average Bonchev–Trinajstić information content (AvgIpc) is 3.46. The minimum absolute atomic E-state index is 0.194. The summed E-state index contributed by atoms with van der Waals surface area (Å²) in [5.74, 6) is 0.609. The molecule has 0 aliphatic heterocycles. The van der Waals surface area contributed by atoms with E-state index in [1.807, 2.05) is 61.0 Å². The smallest absolute Gasteiger partial charge is 0.396 e. The van der Waals surface area contributed by atoms with Gasteiger partial charge in [0.25, 0.3) is 0 Å². The van der Waals surface area contributed by atoms with Gasteiger partial charge in [0.1, 0.15) is 22.4 Å². The van der Waals surface area contributed by atoms with E-state index in [0.29, 0.717) is 18.2 Å². The zero-order valence-electron chi connectivity index (χ0n) is 19.1. The van der Waals surface area contributed by atoms with E-state index in [1.54, 1.807) is 6.20 Å². The van der Waals surface area contributed by atoms with Crippen molar-refractivity contribution in [1.82, 2.24) is 15.0 Å². The van der Waals surface area contributed by atoms with Crippen LogP contribution >= 0.6 is 11.3 Å². The third-order valence-electron chi connectivity index (χ3n) is 6.15. The molecule has 0 bridgehead atoms. The summed E-state index contributed by atoms with van der Waals surface area (Å²) in [6, 6.07) is 13.2. The minimum atomic E-state index is -1.03. The van der Waals surface area contributed by atoms with Gasteiger partial charge in [-0.3, -0.25) is 4.98 Å². The van der Waals surface area contributed by atoms with E-state index in [0.717, 1.165) is 33.2 Å². The highest BCUT2D eigenvalue weighted by molar-refractivity contribution is 7.13. The van der Waals surface area contributed by atoms with Crippen molar-refractivity contribution in [3.63, 3.8) is 0 Å². The van der Waals surface area contributed by atoms with Crippen molar-refractivity contribution in [2.45, 2.75) is 31.6 Å². The van der Waals surface area contributed by atoms with Crippen LogP contribution in [0.5, 0.6) is 0 Å². The number of nitrogens with one attached hydrogen (secondary N) is 3. The van der Waals surface area contributed by atoms with Crippen molar-refractivity contribution < 1.29 is 20.3 Å². The molecule has 35 heavy (non-hydrogen) atoms. The first kappa shape index (κ1) is 23.3. The Kier molecular flexibility index (Phi) is 6.69. The van der Waals surface area contributed by atoms with Gasteiger partial charge >= 0.3 is 5.95 Å². The molecule has 0 amide bonds. The molecule has 4 atom stereocenters. The first-order valence-corrected chi connectivity index (χ1v) is 12.3. The summed E-state index contributed by atoms with van der Waals surface area (Å²) in [7, 11) is 0. The summed E-state index contributed by atoms with van der Waals surface area (Å²) in [6.45, 7) is 1.72. The van der Waals surface area contributed by atoms with Gasteiger partial charge in [0.2, 0.25) is 5.82 Å². The number of aromatic nitrogens is 4. The quantitative estimate of drug-likeness (QED) is 0.266. The van der Waals surface area contributed by atoms with Crippen molar-refractivity contribution in [2.75, 3.05) is 17.2 Å². The van der Waals surface area contributed by atoms with Gasteiger partial charge in [0.15, 0.2) is 0 Å². The Morgan fingerprint density at radius 3 is 2.69 bits per heavy atom. The minimum Gasteiger partial charge on any atom is -0.396 e. The number of pyridine rings is 1. The molecule has 1 aliphatic rings. The lowest BCUT2D eigenvalue weighted by atomic mass is 10.1. The Hall–Kier alpha value is -3.44. The van der Waals surface area contributed by atoms with Gasteiger partial charge in [-0.1, -0.05) is 35.3 Å². The zero-order valence-corrected chi connectivity index (χ0v) is 19.9. The van der Waals surface area contributed by atoms with Gasteiger partial charge in [-0.05, 0) is 25.5 Å². The number of hydrogen-bond donors (Lipinski definition) is 5. The number of aliphatic hydroxyl groups is 3. The summed E-state index contributed by atoms with van der Waals surface area (Å²) in [4.78, 5) is 17.0. The van der Waals surface area contributed by atoms with Crippen molar-refractivity contribution in [1.29, 1.82) is 0 Å². The molecule has 0 saturated heterocycles. The number of hydrogen-bond acceptors (Lipinski definition) is 9. The Balaban J connectivity index is 1.49. The molecular weight excluding hydrogens is 464 g/mol. The van der Waals surface area contributed by atoms with E-state index in [-0.39, 0.29) is 6.61 Å². The fourth-order valence-corrected chi connectivity index (χ4v) is 5.12. The highest BCUT2D eigenvalue weighted by Crippen LogP contribution is 2.35. The van der Waals surface area contributed by atoms with Crippen LogP contribution < -0.4 is 15.6 Å². The predicted molar refractivity (Wildman–Crippen MR) is 134 cm³/mol. The van der Waals surface area contributed by atoms with E-state index < -0.39 is 24.2 Å². The van der Waals surface area contributed by atoms with Gasteiger partial charge in [-0.2, -0.15) is 0 Å². The summed E-state index contributed by atoms with van der Waals surface area (Å²) in [5.41, 5.74) is 4.33. The summed E-state index contributed by atoms with van der Waals surface area (Å²) in [5, 5.41) is 39.7. The number of aromatic amines is 1. The largest absolute Gasteiger partial charge is 0.396 e. The van der Waals surface area contributed by atoms with E-state index >= 15 is 0 Å². The molecule has 0 unspecified atom stereocenters. The number of nitrogens with zero attached hydrogens (tertiary/aromatic N) is 3. The van der Waals surface area contributed by atoms with Crippen LogP contribution in [0.25, 0.3) is 21.8 Å². The standard InChI is InChI=1S/C25H26N6O3S/c1-14-9-17(7-8-26-14)28-25-27-11-18(24-30-20(13-35-24)15-5-3-2-4-6-15)23(31-25)29-19-10-16(12-32)21(33)22(19)34/h2-9,11,13,16,19,21-22,32-34H,10,12H2,1H3,(H2,26,27,28,29,31)/p+1/t16-,19-,21-,22+/m1/s1. The zero-order chi connectivity index (χ0) is 24.4. The predicted octanol–water partition coefficient (Wildman–Crippen LogP) is 2.65. The lowest BCUT2D eigenvalue weighted by molar-refractivity contribution is -0.363. The van der Waals surface area contributed by atoms with Gasteiger partial charge in [0.05, 0.1) is 24.0 Å². The van der Waals surface area contributed by atoms with Crippen LogP contribution in [0.4, 0.5) is 17.5 Å². The molecule has 9 nitrogen and oxygen atoms in total. The SMILES string of the molecule is Cc1cc(Nc2nc(N[C@@H]3C[C@H](CO)[C@@H](O)[C@H]3O)c(-c3nc(-c4ccccc4)cs3)c[nH+]2)ccn1. The number of rotatable bonds is 7. The topological polar surface area (TPSA) is 138 Å². The van der Waals surface area contributed by atoms with E-state index in [1.165, 1.54) is 11.3 Å². The second kappa shape index (κ2) is 10.0. The van der Waals surface area contributed by atoms with Crippen LogP contribution in [-0.2, 0) is 0 Å². The molecule has 0 radical (unpaired) electrons. The summed E-state index contributed by atoms with van der Waals surface area (Å²) < 4.78 is 0. The van der Waals surface area contributed by atoms with Crippen LogP contribution in [0.1, 0.15) is 12.1 Å². The number of anilines is 3. The summed E-state index contributed by atoms with van der Waals surface area (Å²) >= 11 is 1.50. The van der Waals surface area contributed by atoms with Crippen molar-refractivity contribution in [3.05, 3.63) is 65.9 Å². The molecule has 4 aromatic rings. The van der Waals surface area contributed by atoms with Crippen LogP contribution in [0, 0.1) is 12.8 Å². The molecule has 1 fully saturated rings. The maximum atomic E-state index is 10.6. The first-order valence-electron chi connectivity index (χ1n) is 11.4. The van der Waals surface area contributed by atoms with Crippen LogP contribution in [0.3, 0.4) is 0 Å². The van der Waals surface area contributed by atoms with Crippen molar-refractivity contribution in [2.24, 2.45) is 5.92 Å². The Labute approximate surface area is 206 Å². The Bertz CT molecular complexity index is 1300. The fraction of sp³-hybridized carbons (Fsp3) is 0.280. The lowest BCUT2D eigenvalue weighted by Gasteiger charge is -2.18. The van der Waals surface area contributed by atoms with Gasteiger partial charge < -0.3 is 20.6 Å². The van der Waals surface area contributed by atoms with E-state index in [9.17, 15) is 15.3 Å². The second-order valence-corrected chi connectivity index (χ2v) is 9.49. The van der Waals surface area contributed by atoms with Gasteiger partial charge in [0, 0.05) is 35.4 Å². The lowest BCUT2D eigenvalue weighted by Crippen LogP contribution is -2.36. The maximum Gasteiger partial charge on any atom is 0.396 e. The first-order chi connectivity index (χ1) is 17.0. The summed E-state index contributed by atoms with van der Waals surface area (Å²) in [6.07, 6.45) is 1.93. The van der Waals surface area contributed by atoms with Gasteiger partial charge in [-0.15, -0.1) is 11.3 Å². The number of H-pyrrole nitrogens is 1. The highest BCUT2D eigenvalue weighted by Gasteiger charge is 2.42. The molecule has 3 aromatic heterocycles. The molecule has 3 heterocycles. The molecule has 180 valence electrons. The maximum absolute atomic E-state index is 10.6. The van der Waals surface area contributed by atoms with Gasteiger partial charge in [-0.25, -0.2) is 15.3 Å². The molecule has 1 aliphatic carbocycles. The number of thiazole rings is 1. The van der Waals surface area contributed by atoms with Crippen LogP contribution in [0.15, 0.2) is 60.2 Å². The molecule has 1 aromatic carbocycles. The third kappa shape index (κ3) is 5.01. The average molecular weight is 492 g/mol. The molecule has 1 saturated carbocycles. The Morgan fingerprint density at radius 2 is 1.94 bits per heavy atom. The molecule has 6 N–H and O–H groups in total. The van der Waals surface area contributed by atoms with E-state index in [2.05, 4.69) is 20.6 Å². The van der Waals surface area contributed by atoms with Crippen molar-refractivity contribution >= 4 is 28.8 Å². The normalized spacial score (nSPS) is 21.7. The van der Waals surface area contributed by atoms with Crippen LogP contribution in [-0.4, -0.2) is 55.1 Å². The fourth-order valence-electron chi connectivity index (χ4n) is 4.27. The second-order valence-electron chi connectivity index (χ2n) is 8.64. The Morgan fingerprint density at radius 1 is 1.11 bits per heavy atom. The third-order valence-corrected chi connectivity index (χ3v) is 7.03. The van der Waals surface area contributed by atoms with Crippen molar-refractivity contribution in [3.8, 4) is 21.8 Å².